The second kappa shape index (κ2) is 7.63. The highest BCUT2D eigenvalue weighted by Gasteiger charge is 2.43. The van der Waals surface area contributed by atoms with Gasteiger partial charge in [-0.3, -0.25) is 4.79 Å². The van der Waals surface area contributed by atoms with Crippen LogP contribution < -0.4 is 10.1 Å². The summed E-state index contributed by atoms with van der Waals surface area (Å²) in [7, 11) is 0. The molecule has 2 aromatic rings. The van der Waals surface area contributed by atoms with E-state index in [4.69, 9.17) is 4.74 Å². The minimum atomic E-state index is -0.642. The molecule has 1 amide bonds. The molecular formula is C23H30N2O2. The van der Waals surface area contributed by atoms with Gasteiger partial charge in [0.05, 0.1) is 12.2 Å². The number of carbonyl (C=O) groups excluding carboxylic acids is 1. The molecular weight excluding hydrogens is 336 g/mol. The summed E-state index contributed by atoms with van der Waals surface area (Å²) in [5.74, 6) is 1.50. The molecule has 0 saturated heterocycles. The Kier molecular flexibility index (Phi) is 5.45. The Labute approximate surface area is 162 Å². The predicted octanol–water partition coefficient (Wildman–Crippen LogP) is 5.26. The van der Waals surface area contributed by atoms with Crippen LogP contribution in [-0.2, 0) is 5.66 Å². The fraction of sp³-hybridized carbons (Fsp3) is 0.435. The van der Waals surface area contributed by atoms with Crippen LogP contribution >= 0.6 is 0 Å². The number of nitrogens with zero attached hydrogens (tertiary/aromatic N) is 1. The molecule has 144 valence electrons. The fourth-order valence-electron chi connectivity index (χ4n) is 3.70. The van der Waals surface area contributed by atoms with Gasteiger partial charge in [0.2, 0.25) is 0 Å². The number of amides is 1. The lowest BCUT2D eigenvalue weighted by Crippen LogP contribution is -2.58. The lowest BCUT2D eigenvalue weighted by molar-refractivity contribution is 0.0433. The molecule has 0 aliphatic carbocycles. The summed E-state index contributed by atoms with van der Waals surface area (Å²) in [5.41, 5.74) is 1.96. The molecule has 1 unspecified atom stereocenters. The minimum absolute atomic E-state index is 0.0491. The van der Waals surface area contributed by atoms with Gasteiger partial charge in [0.25, 0.3) is 5.91 Å². The number of rotatable bonds is 6. The Balaban J connectivity index is 1.97. The van der Waals surface area contributed by atoms with Gasteiger partial charge >= 0.3 is 0 Å². The monoisotopic (exact) mass is 366 g/mol. The van der Waals surface area contributed by atoms with Crippen molar-refractivity contribution >= 4 is 11.6 Å². The third-order valence-corrected chi connectivity index (χ3v) is 5.11. The van der Waals surface area contributed by atoms with Gasteiger partial charge in [-0.25, -0.2) is 0 Å². The summed E-state index contributed by atoms with van der Waals surface area (Å²) in [4.78, 5) is 15.2. The second-order valence-corrected chi connectivity index (χ2v) is 8.07. The smallest absolute Gasteiger partial charge is 0.258 e. The highest BCUT2D eigenvalue weighted by molar-refractivity contribution is 6.02. The number of hydrogen-bond acceptors (Lipinski definition) is 3. The maximum Gasteiger partial charge on any atom is 0.258 e. The lowest BCUT2D eigenvalue weighted by atomic mass is 9.92. The number of para-hydroxylation sites is 1. The van der Waals surface area contributed by atoms with Crippen LogP contribution in [0.1, 0.15) is 57.0 Å². The van der Waals surface area contributed by atoms with E-state index in [2.05, 4.69) is 46.0 Å². The zero-order valence-electron chi connectivity index (χ0n) is 17.0. The number of fused-ring (bicyclic) bond motifs is 1. The molecule has 1 heterocycles. The Bertz CT molecular complexity index is 816. The van der Waals surface area contributed by atoms with E-state index < -0.39 is 5.66 Å². The van der Waals surface area contributed by atoms with Crippen LogP contribution in [0.4, 0.5) is 5.69 Å². The van der Waals surface area contributed by atoms with E-state index in [0.717, 1.165) is 23.4 Å². The lowest BCUT2D eigenvalue weighted by Gasteiger charge is -2.48. The number of nitrogens with one attached hydrogen (secondary N) is 1. The van der Waals surface area contributed by atoms with Crippen LogP contribution in [0.5, 0.6) is 5.75 Å². The number of ether oxygens (including phenoxy) is 1. The largest absolute Gasteiger partial charge is 0.494 e. The SMILES string of the molecule is CC(C)CCOc1cccc(C2(C)Nc3ccccc3C(=O)N2C(C)C)c1. The summed E-state index contributed by atoms with van der Waals surface area (Å²) in [5, 5.41) is 3.60. The molecule has 0 bridgehead atoms. The van der Waals surface area contributed by atoms with E-state index in [1.165, 1.54) is 0 Å². The quantitative estimate of drug-likeness (QED) is 0.758. The molecule has 27 heavy (non-hydrogen) atoms. The first-order chi connectivity index (χ1) is 12.8. The van der Waals surface area contributed by atoms with Gasteiger partial charge in [0, 0.05) is 17.3 Å². The van der Waals surface area contributed by atoms with Crippen molar-refractivity contribution in [1.82, 2.24) is 4.90 Å². The molecule has 1 aliphatic rings. The zero-order chi connectivity index (χ0) is 19.6. The van der Waals surface area contributed by atoms with E-state index in [1.54, 1.807) is 0 Å². The normalized spacial score (nSPS) is 19.2. The van der Waals surface area contributed by atoms with E-state index in [1.807, 2.05) is 47.4 Å². The van der Waals surface area contributed by atoms with Gasteiger partial charge in [-0.15, -0.1) is 0 Å². The van der Waals surface area contributed by atoms with E-state index >= 15 is 0 Å². The predicted molar refractivity (Wildman–Crippen MR) is 110 cm³/mol. The molecule has 3 rings (SSSR count). The molecule has 2 aromatic carbocycles. The van der Waals surface area contributed by atoms with E-state index in [9.17, 15) is 4.79 Å². The zero-order valence-corrected chi connectivity index (χ0v) is 17.0. The maximum atomic E-state index is 13.2. The van der Waals surface area contributed by atoms with Crippen LogP contribution in [0.2, 0.25) is 0 Å². The number of carbonyl (C=O) groups is 1. The Morgan fingerprint density at radius 3 is 2.52 bits per heavy atom. The van der Waals surface area contributed by atoms with Crippen LogP contribution in [0.25, 0.3) is 0 Å². The number of benzene rings is 2. The number of hydrogen-bond donors (Lipinski definition) is 1. The Morgan fingerprint density at radius 1 is 1.07 bits per heavy atom. The van der Waals surface area contributed by atoms with Crippen molar-refractivity contribution in [3.05, 3.63) is 59.7 Å². The maximum absolute atomic E-state index is 13.2. The van der Waals surface area contributed by atoms with Crippen LogP contribution in [0, 0.1) is 5.92 Å². The summed E-state index contributed by atoms with van der Waals surface area (Å²) in [6, 6.07) is 15.8. The van der Waals surface area contributed by atoms with Crippen LogP contribution in [0.3, 0.4) is 0 Å². The summed E-state index contributed by atoms with van der Waals surface area (Å²) in [6.45, 7) is 11.2. The average molecular weight is 367 g/mol. The highest BCUT2D eigenvalue weighted by Crippen LogP contribution is 2.39. The molecule has 0 radical (unpaired) electrons. The Morgan fingerprint density at radius 2 is 1.81 bits per heavy atom. The number of anilines is 1. The molecule has 4 nitrogen and oxygen atoms in total. The average Bonchev–Trinajstić information content (AvgIpc) is 2.61. The van der Waals surface area contributed by atoms with Crippen LogP contribution in [0.15, 0.2) is 48.5 Å². The van der Waals surface area contributed by atoms with E-state index in [-0.39, 0.29) is 11.9 Å². The highest BCUT2D eigenvalue weighted by atomic mass is 16.5. The molecule has 4 heteroatoms. The van der Waals surface area contributed by atoms with Gasteiger partial charge in [0.1, 0.15) is 11.4 Å². The minimum Gasteiger partial charge on any atom is -0.494 e. The van der Waals surface area contributed by atoms with Crippen molar-refractivity contribution in [1.29, 1.82) is 0 Å². The van der Waals surface area contributed by atoms with Gasteiger partial charge in [0.15, 0.2) is 0 Å². The summed E-state index contributed by atoms with van der Waals surface area (Å²) >= 11 is 0. The van der Waals surface area contributed by atoms with Crippen molar-refractivity contribution in [3.8, 4) is 5.75 Å². The first kappa shape index (κ1) is 19.3. The van der Waals surface area contributed by atoms with Crippen LogP contribution in [-0.4, -0.2) is 23.5 Å². The third-order valence-electron chi connectivity index (χ3n) is 5.11. The third kappa shape index (κ3) is 3.80. The summed E-state index contributed by atoms with van der Waals surface area (Å²) in [6.07, 6.45) is 1.02. The fourth-order valence-corrected chi connectivity index (χ4v) is 3.70. The van der Waals surface area contributed by atoms with Gasteiger partial charge in [-0.1, -0.05) is 38.1 Å². The Hall–Kier alpha value is -2.49. The van der Waals surface area contributed by atoms with Gasteiger partial charge in [-0.2, -0.15) is 0 Å². The first-order valence-electron chi connectivity index (χ1n) is 9.77. The van der Waals surface area contributed by atoms with E-state index in [0.29, 0.717) is 18.1 Å². The standard InChI is InChI=1S/C23H30N2O2/c1-16(2)13-14-27-19-10-8-9-18(15-19)23(5)24-21-12-7-6-11-20(21)22(26)25(23)17(3)4/h6-12,15-17,24H,13-14H2,1-5H3. The van der Waals surface area contributed by atoms with Crippen molar-refractivity contribution in [2.45, 2.75) is 52.7 Å². The summed E-state index contributed by atoms with van der Waals surface area (Å²) < 4.78 is 5.95. The van der Waals surface area contributed by atoms with Gasteiger partial charge in [-0.05, 0) is 57.4 Å². The molecule has 0 aromatic heterocycles. The topological polar surface area (TPSA) is 41.6 Å². The van der Waals surface area contributed by atoms with Crippen molar-refractivity contribution in [2.24, 2.45) is 5.92 Å². The molecule has 1 aliphatic heterocycles. The van der Waals surface area contributed by atoms with Crippen molar-refractivity contribution < 1.29 is 9.53 Å². The second-order valence-electron chi connectivity index (χ2n) is 8.07. The van der Waals surface area contributed by atoms with Gasteiger partial charge < -0.3 is 15.0 Å². The molecule has 0 saturated carbocycles. The molecule has 0 fully saturated rings. The molecule has 1 N–H and O–H groups in total. The van der Waals surface area contributed by atoms with Crippen molar-refractivity contribution in [3.63, 3.8) is 0 Å². The molecule has 1 atom stereocenters. The first-order valence-corrected chi connectivity index (χ1v) is 9.77. The van der Waals surface area contributed by atoms with Crippen molar-refractivity contribution in [2.75, 3.05) is 11.9 Å². The molecule has 0 spiro atoms.